The van der Waals surface area contributed by atoms with Crippen LogP contribution in [0, 0.1) is 11.3 Å². The second-order valence-electron chi connectivity index (χ2n) is 5.08. The Labute approximate surface area is 140 Å². The van der Waals surface area contributed by atoms with Crippen molar-refractivity contribution in [2.24, 2.45) is 5.73 Å². The van der Waals surface area contributed by atoms with Crippen LogP contribution in [-0.4, -0.2) is 27.9 Å². The van der Waals surface area contributed by atoms with E-state index in [0.717, 1.165) is 5.56 Å². The van der Waals surface area contributed by atoms with E-state index in [-0.39, 0.29) is 23.1 Å². The molecule has 1 aromatic carbocycles. The van der Waals surface area contributed by atoms with Gasteiger partial charge in [-0.3, -0.25) is 0 Å². The van der Waals surface area contributed by atoms with E-state index in [1.807, 2.05) is 30.4 Å². The molecule has 2 rings (SSSR count). The number of nitrogens with two attached hydrogens (primary N) is 1. The zero-order chi connectivity index (χ0) is 15.9. The molecule has 1 unspecified atom stereocenters. The lowest BCUT2D eigenvalue weighted by molar-refractivity contribution is 0.259. The van der Waals surface area contributed by atoms with Gasteiger partial charge in [-0.15, -0.1) is 11.8 Å². The summed E-state index contributed by atoms with van der Waals surface area (Å²) in [5, 5.41) is 18.5. The summed E-state index contributed by atoms with van der Waals surface area (Å²) in [6.07, 6.45) is 6.29. The van der Waals surface area contributed by atoms with E-state index < -0.39 is 0 Å². The number of aliphatic hydroxyl groups is 1. The van der Waals surface area contributed by atoms with Crippen molar-refractivity contribution < 1.29 is 5.11 Å². The number of thiocarbonyl (C=S) groups is 1. The molecule has 0 saturated heterocycles. The number of hydrogen-bond acceptors (Lipinski definition) is 5. The van der Waals surface area contributed by atoms with Crippen molar-refractivity contribution in [3.05, 3.63) is 59.7 Å². The zero-order valence-corrected chi connectivity index (χ0v) is 13.7. The molecule has 0 radical (unpaired) electrons. The maximum absolute atomic E-state index is 9.24. The van der Waals surface area contributed by atoms with Gasteiger partial charge in [-0.1, -0.05) is 54.7 Å². The van der Waals surface area contributed by atoms with Crippen LogP contribution < -0.4 is 5.73 Å². The molecule has 0 fully saturated rings. The van der Waals surface area contributed by atoms with Gasteiger partial charge in [0.05, 0.1) is 17.4 Å². The van der Waals surface area contributed by atoms with Crippen LogP contribution in [0.25, 0.3) is 0 Å². The van der Waals surface area contributed by atoms with Crippen LogP contribution in [0.4, 0.5) is 0 Å². The molecule has 1 aliphatic carbocycles. The molecule has 3 nitrogen and oxygen atoms in total. The molecule has 0 bridgehead atoms. The Kier molecular flexibility index (Phi) is 6.34. The molecular formula is C17H18N2OS2. The Balaban J connectivity index is 2.17. The molecule has 3 N–H and O–H groups in total. The number of benzene rings is 1. The topological polar surface area (TPSA) is 70.0 Å². The number of nitriles is 1. The van der Waals surface area contributed by atoms with Gasteiger partial charge in [-0.25, -0.2) is 0 Å². The van der Waals surface area contributed by atoms with Crippen molar-refractivity contribution in [2.45, 2.75) is 23.0 Å². The third-order valence-corrected chi connectivity index (χ3v) is 5.53. The summed E-state index contributed by atoms with van der Waals surface area (Å²) in [7, 11) is 0. The lowest BCUT2D eigenvalue weighted by atomic mass is 10.1. The lowest BCUT2D eigenvalue weighted by Crippen LogP contribution is -2.27. The molecule has 0 heterocycles. The molecule has 22 heavy (non-hydrogen) atoms. The first-order chi connectivity index (χ1) is 10.7. The average Bonchev–Trinajstić information content (AvgIpc) is 2.56. The first-order valence-corrected chi connectivity index (χ1v) is 8.40. The fraction of sp³-hybridized carbons (Fsp3) is 0.294. The maximum Gasteiger partial charge on any atom is 0.100 e. The van der Waals surface area contributed by atoms with Gasteiger partial charge in [0.25, 0.3) is 0 Å². The number of hydrogen-bond donors (Lipinski definition) is 2. The zero-order valence-electron chi connectivity index (χ0n) is 12.1. The Morgan fingerprint density at radius 2 is 2.09 bits per heavy atom. The molecule has 0 aliphatic heterocycles. The first-order valence-electron chi connectivity index (χ1n) is 7.05. The first kappa shape index (κ1) is 16.9. The Bertz CT molecular complexity index is 619. The summed E-state index contributed by atoms with van der Waals surface area (Å²) in [6, 6.07) is 11.9. The Morgan fingerprint density at radius 1 is 1.36 bits per heavy atom. The highest BCUT2D eigenvalue weighted by Crippen LogP contribution is 2.38. The molecule has 114 valence electrons. The van der Waals surface area contributed by atoms with Crippen LogP contribution in [0.15, 0.2) is 54.1 Å². The van der Waals surface area contributed by atoms with Gasteiger partial charge in [0.1, 0.15) is 6.07 Å². The predicted octanol–water partition coefficient (Wildman–Crippen LogP) is 2.93. The third kappa shape index (κ3) is 4.28. The fourth-order valence-corrected chi connectivity index (χ4v) is 4.06. The molecule has 3 atom stereocenters. The minimum Gasteiger partial charge on any atom is -0.395 e. The summed E-state index contributed by atoms with van der Waals surface area (Å²) in [4.78, 5) is 0.661. The molecule has 0 amide bonds. The standard InChI is InChI=1S/C17H18N2OS2/c18-10-13-7-4-8-15(17(13)21)22-16(9-14(19)11-20)12-5-2-1-3-6-12/h1-8,14-16,20H,9,11,19H2/t14-,15?,16+/m0/s1. The molecule has 0 saturated carbocycles. The molecule has 1 aromatic rings. The highest BCUT2D eigenvalue weighted by molar-refractivity contribution is 8.02. The van der Waals surface area contributed by atoms with E-state index in [1.165, 1.54) is 0 Å². The van der Waals surface area contributed by atoms with Crippen molar-refractivity contribution in [3.63, 3.8) is 0 Å². The number of aliphatic hydroxyl groups excluding tert-OH is 1. The van der Waals surface area contributed by atoms with Gasteiger partial charge in [0.15, 0.2) is 0 Å². The second-order valence-corrected chi connectivity index (χ2v) is 6.86. The second kappa shape index (κ2) is 8.25. The van der Waals surface area contributed by atoms with Gasteiger partial charge in [-0.05, 0) is 18.1 Å². The quantitative estimate of drug-likeness (QED) is 0.785. The van der Waals surface area contributed by atoms with Gasteiger partial charge >= 0.3 is 0 Å². The molecule has 1 aliphatic rings. The van der Waals surface area contributed by atoms with Crippen LogP contribution in [-0.2, 0) is 0 Å². The fourth-order valence-electron chi connectivity index (χ4n) is 2.24. The molecule has 0 spiro atoms. The van der Waals surface area contributed by atoms with E-state index in [1.54, 1.807) is 17.8 Å². The van der Waals surface area contributed by atoms with Crippen molar-refractivity contribution in [2.75, 3.05) is 6.61 Å². The lowest BCUT2D eigenvalue weighted by Gasteiger charge is -2.25. The highest BCUT2D eigenvalue weighted by atomic mass is 32.2. The number of nitrogens with zero attached hydrogens (tertiary/aromatic N) is 1. The van der Waals surface area contributed by atoms with Gasteiger partial charge in [0, 0.05) is 16.2 Å². The van der Waals surface area contributed by atoms with E-state index in [4.69, 9.17) is 23.2 Å². The van der Waals surface area contributed by atoms with E-state index in [0.29, 0.717) is 16.9 Å². The average molecular weight is 330 g/mol. The van der Waals surface area contributed by atoms with Crippen molar-refractivity contribution in [1.82, 2.24) is 0 Å². The van der Waals surface area contributed by atoms with Crippen LogP contribution >= 0.6 is 24.0 Å². The van der Waals surface area contributed by atoms with Crippen molar-refractivity contribution in [1.29, 1.82) is 5.26 Å². The normalized spacial score (nSPS) is 20.1. The van der Waals surface area contributed by atoms with Crippen LogP contribution in [0.3, 0.4) is 0 Å². The number of rotatable bonds is 6. The minimum atomic E-state index is -0.273. The highest BCUT2D eigenvalue weighted by Gasteiger charge is 2.25. The number of allylic oxidation sites excluding steroid dienone is 3. The number of thioether (sulfide) groups is 1. The Hall–Kier alpha value is -1.45. The molecule has 0 aromatic heterocycles. The van der Waals surface area contributed by atoms with E-state index in [9.17, 15) is 5.11 Å². The van der Waals surface area contributed by atoms with Gasteiger partial charge < -0.3 is 10.8 Å². The van der Waals surface area contributed by atoms with Crippen molar-refractivity contribution in [3.8, 4) is 6.07 Å². The smallest absolute Gasteiger partial charge is 0.100 e. The molecule has 5 heteroatoms. The van der Waals surface area contributed by atoms with E-state index in [2.05, 4.69) is 18.2 Å². The van der Waals surface area contributed by atoms with Gasteiger partial charge in [-0.2, -0.15) is 5.26 Å². The summed E-state index contributed by atoms with van der Waals surface area (Å²) in [5.41, 5.74) is 7.63. The predicted molar refractivity (Wildman–Crippen MR) is 95.7 cm³/mol. The summed E-state index contributed by atoms with van der Waals surface area (Å²) in [6.45, 7) is -0.0435. The summed E-state index contributed by atoms with van der Waals surface area (Å²) in [5.74, 6) is 0. The SMILES string of the molecule is N#CC1=CC=CC(S[C@H](C[C@H](N)CO)c2ccccc2)C1=S. The van der Waals surface area contributed by atoms with Crippen LogP contribution in [0.5, 0.6) is 0 Å². The minimum absolute atomic E-state index is 0.0225. The van der Waals surface area contributed by atoms with E-state index >= 15 is 0 Å². The molecular weight excluding hydrogens is 312 g/mol. The maximum atomic E-state index is 9.24. The van der Waals surface area contributed by atoms with Gasteiger partial charge in [0.2, 0.25) is 0 Å². The monoisotopic (exact) mass is 330 g/mol. The van der Waals surface area contributed by atoms with Crippen molar-refractivity contribution >= 4 is 28.8 Å². The third-order valence-electron chi connectivity index (χ3n) is 3.43. The largest absolute Gasteiger partial charge is 0.395 e. The summed E-state index contributed by atoms with van der Waals surface area (Å²) >= 11 is 7.09. The summed E-state index contributed by atoms with van der Waals surface area (Å²) < 4.78 is 0. The van der Waals surface area contributed by atoms with Crippen LogP contribution in [0.2, 0.25) is 0 Å². The van der Waals surface area contributed by atoms with Crippen LogP contribution in [0.1, 0.15) is 17.2 Å². The Morgan fingerprint density at radius 3 is 2.73 bits per heavy atom.